The molecule has 1 spiro atoms. The molecule has 0 amide bonds. The number of fused-ring (bicyclic) bond motifs is 3. The molecule has 4 heteroatoms. The Hall–Kier alpha value is 0.170. The second-order valence-electron chi connectivity index (χ2n) is 6.98. The van der Waals surface area contributed by atoms with Crippen LogP contribution in [0.3, 0.4) is 0 Å². The lowest BCUT2D eigenvalue weighted by Gasteiger charge is -2.37. The van der Waals surface area contributed by atoms with E-state index in [0.717, 1.165) is 30.6 Å². The van der Waals surface area contributed by atoms with Gasteiger partial charge in [0.2, 0.25) is 0 Å². The molecule has 4 aliphatic rings. The fraction of sp³-hybridized carbons (Fsp3) is 0.812. The third kappa shape index (κ3) is 1.89. The lowest BCUT2D eigenvalue weighted by atomic mass is 9.67. The van der Waals surface area contributed by atoms with Gasteiger partial charge in [-0.15, -0.1) is 0 Å². The van der Waals surface area contributed by atoms with Gasteiger partial charge < -0.3 is 4.74 Å². The first kappa shape index (κ1) is 13.8. The Morgan fingerprint density at radius 3 is 3.05 bits per heavy atom. The summed E-state index contributed by atoms with van der Waals surface area (Å²) in [6.45, 7) is 0.520. The zero-order chi connectivity index (χ0) is 13.9. The number of hydrogen-bond donors (Lipinski definition) is 0. The van der Waals surface area contributed by atoms with Crippen LogP contribution in [0.4, 0.5) is 0 Å². The lowest BCUT2D eigenvalue weighted by molar-refractivity contribution is -0.152. The summed E-state index contributed by atoms with van der Waals surface area (Å²) in [7, 11) is 0. The van der Waals surface area contributed by atoms with Gasteiger partial charge in [0.15, 0.2) is 0 Å². The van der Waals surface area contributed by atoms with E-state index in [1.807, 2.05) is 0 Å². The van der Waals surface area contributed by atoms with Crippen molar-refractivity contribution in [2.24, 2.45) is 35.0 Å². The first-order valence-electron chi connectivity index (χ1n) is 7.74. The van der Waals surface area contributed by atoms with Crippen LogP contribution in [0, 0.1) is 35.0 Å². The normalized spacial score (nSPS) is 47.2. The predicted octanol–water partition coefficient (Wildman–Crippen LogP) is 4.27. The molecule has 4 aliphatic carbocycles. The zero-order valence-corrected chi connectivity index (χ0v) is 14.6. The Balaban J connectivity index is 1.41. The van der Waals surface area contributed by atoms with E-state index in [1.54, 1.807) is 0 Å². The highest BCUT2D eigenvalue weighted by Crippen LogP contribution is 2.77. The van der Waals surface area contributed by atoms with Crippen molar-refractivity contribution in [1.82, 2.24) is 0 Å². The van der Waals surface area contributed by atoms with Crippen molar-refractivity contribution >= 4 is 37.8 Å². The molecule has 0 N–H and O–H groups in total. The number of esters is 1. The van der Waals surface area contributed by atoms with Gasteiger partial charge in [-0.1, -0.05) is 44.0 Å². The van der Waals surface area contributed by atoms with Crippen molar-refractivity contribution in [2.75, 3.05) is 6.61 Å². The maximum atomic E-state index is 12.3. The molecule has 4 rings (SSSR count). The molecule has 0 radical (unpaired) electrons. The molecule has 2 bridgehead atoms. The molecule has 110 valence electrons. The highest BCUT2D eigenvalue weighted by atomic mass is 79.9. The van der Waals surface area contributed by atoms with Crippen LogP contribution in [0.5, 0.6) is 0 Å². The van der Waals surface area contributed by atoms with Gasteiger partial charge >= 0.3 is 5.97 Å². The fourth-order valence-corrected chi connectivity index (χ4v) is 5.90. The zero-order valence-electron chi connectivity index (χ0n) is 11.4. The lowest BCUT2D eigenvalue weighted by Crippen LogP contribution is -2.36. The van der Waals surface area contributed by atoms with Crippen LogP contribution < -0.4 is 0 Å². The maximum Gasteiger partial charge on any atom is 0.309 e. The van der Waals surface area contributed by atoms with Crippen molar-refractivity contribution in [3.8, 4) is 0 Å². The number of rotatable bonds is 4. The van der Waals surface area contributed by atoms with Crippen LogP contribution >= 0.6 is 31.9 Å². The minimum Gasteiger partial charge on any atom is -0.465 e. The van der Waals surface area contributed by atoms with Crippen LogP contribution in [0.25, 0.3) is 0 Å². The second-order valence-corrected chi connectivity index (χ2v) is 10.4. The number of hydrogen-bond acceptors (Lipinski definition) is 2. The van der Waals surface area contributed by atoms with Gasteiger partial charge in [-0.3, -0.25) is 4.79 Å². The van der Waals surface area contributed by atoms with E-state index in [-0.39, 0.29) is 15.6 Å². The van der Waals surface area contributed by atoms with E-state index in [0.29, 0.717) is 17.9 Å². The van der Waals surface area contributed by atoms with Crippen LogP contribution in [0.15, 0.2) is 12.2 Å². The summed E-state index contributed by atoms with van der Waals surface area (Å²) in [4.78, 5) is 12.3. The van der Waals surface area contributed by atoms with Gasteiger partial charge in [-0.05, 0) is 54.8 Å². The topological polar surface area (TPSA) is 26.3 Å². The molecule has 0 heterocycles. The van der Waals surface area contributed by atoms with Gasteiger partial charge in [0, 0.05) is 6.42 Å². The summed E-state index contributed by atoms with van der Waals surface area (Å²) in [5.74, 6) is 3.27. The van der Waals surface area contributed by atoms with Gasteiger partial charge in [0.05, 0.1) is 16.3 Å². The van der Waals surface area contributed by atoms with Crippen molar-refractivity contribution in [3.05, 3.63) is 12.2 Å². The number of alkyl halides is 2. The van der Waals surface area contributed by atoms with Crippen LogP contribution in [-0.2, 0) is 9.53 Å². The van der Waals surface area contributed by atoms with Gasteiger partial charge in [-0.2, -0.15) is 0 Å². The van der Waals surface area contributed by atoms with E-state index in [1.165, 1.54) is 19.3 Å². The maximum absolute atomic E-state index is 12.3. The molecule has 0 aromatic carbocycles. The van der Waals surface area contributed by atoms with Crippen molar-refractivity contribution < 1.29 is 9.53 Å². The second kappa shape index (κ2) is 4.84. The average molecular weight is 404 g/mol. The Bertz CT molecular complexity index is 461. The minimum absolute atomic E-state index is 0.0692. The van der Waals surface area contributed by atoms with E-state index in [4.69, 9.17) is 4.74 Å². The number of allylic oxidation sites excluding steroid dienone is 2. The first-order chi connectivity index (χ1) is 9.63. The summed E-state index contributed by atoms with van der Waals surface area (Å²) in [6.07, 6.45) is 10.6. The average Bonchev–Trinajstić information content (AvgIpc) is 2.87. The monoisotopic (exact) mass is 402 g/mol. The fourth-order valence-electron chi connectivity index (χ4n) is 5.53. The van der Waals surface area contributed by atoms with E-state index >= 15 is 0 Å². The third-order valence-corrected chi connectivity index (χ3v) is 7.24. The molecule has 0 aromatic heterocycles. The van der Waals surface area contributed by atoms with E-state index in [2.05, 4.69) is 44.0 Å². The number of carbonyl (C=O) groups is 1. The summed E-state index contributed by atoms with van der Waals surface area (Å²) >= 11 is 6.83. The quantitative estimate of drug-likeness (QED) is 0.398. The molecule has 6 atom stereocenters. The number of ether oxygens (including phenoxy) is 1. The molecule has 0 saturated heterocycles. The largest absolute Gasteiger partial charge is 0.465 e. The predicted molar refractivity (Wildman–Crippen MR) is 84.7 cm³/mol. The molecule has 3 saturated carbocycles. The standard InChI is InChI=1S/C16H20Br2O2/c17-14(18)4-5-20-15(19)12-7-10-6-11(12)13-3-1-2-9-8-16(9,10)13/h1-2,9-14H,3-8H2. The van der Waals surface area contributed by atoms with Crippen LogP contribution in [0.2, 0.25) is 0 Å². The molecule has 0 aromatic rings. The molecule has 0 aliphatic heterocycles. The van der Waals surface area contributed by atoms with E-state index in [9.17, 15) is 4.79 Å². The highest BCUT2D eigenvalue weighted by molar-refractivity contribution is 9.24. The van der Waals surface area contributed by atoms with Crippen LogP contribution in [0.1, 0.15) is 32.1 Å². The summed E-state index contributed by atoms with van der Waals surface area (Å²) in [5, 5.41) is 0. The van der Waals surface area contributed by atoms with Crippen molar-refractivity contribution in [3.63, 3.8) is 0 Å². The minimum atomic E-state index is 0.0692. The summed E-state index contributed by atoms with van der Waals surface area (Å²) in [6, 6.07) is 0. The molecular formula is C16H20Br2O2. The van der Waals surface area contributed by atoms with E-state index < -0.39 is 0 Å². The third-order valence-electron chi connectivity index (χ3n) is 6.32. The Morgan fingerprint density at radius 1 is 1.40 bits per heavy atom. The highest BCUT2D eigenvalue weighted by Gasteiger charge is 2.72. The van der Waals surface area contributed by atoms with Gasteiger partial charge in [0.1, 0.15) is 0 Å². The molecule has 2 nitrogen and oxygen atoms in total. The molecule has 3 fully saturated rings. The Morgan fingerprint density at radius 2 is 2.25 bits per heavy atom. The molecule has 6 unspecified atom stereocenters. The smallest absolute Gasteiger partial charge is 0.309 e. The summed E-state index contributed by atoms with van der Waals surface area (Å²) in [5.41, 5.74) is 0.618. The first-order valence-corrected chi connectivity index (χ1v) is 9.57. The van der Waals surface area contributed by atoms with Crippen molar-refractivity contribution in [2.45, 2.75) is 35.8 Å². The molecular weight excluding hydrogens is 384 g/mol. The van der Waals surface area contributed by atoms with Crippen molar-refractivity contribution in [1.29, 1.82) is 0 Å². The van der Waals surface area contributed by atoms with Gasteiger partial charge in [-0.25, -0.2) is 0 Å². The summed E-state index contributed by atoms with van der Waals surface area (Å²) < 4.78 is 5.74. The Kier molecular flexibility index (Phi) is 3.34. The van der Waals surface area contributed by atoms with Crippen LogP contribution in [-0.4, -0.2) is 16.3 Å². The van der Waals surface area contributed by atoms with Gasteiger partial charge in [0.25, 0.3) is 0 Å². The molecule has 20 heavy (non-hydrogen) atoms. The number of halogens is 2. The Labute approximate surface area is 137 Å². The SMILES string of the molecule is O=C(OCCC(Br)Br)C1CC2CC1C1CC=CC3CC321. The number of carbonyl (C=O) groups excluding carboxylic acids is 1.